The summed E-state index contributed by atoms with van der Waals surface area (Å²) >= 11 is 0. The average molecular weight is 769 g/mol. The molecule has 0 spiro atoms. The molecule has 0 amide bonds. The predicted molar refractivity (Wildman–Crippen MR) is 216 cm³/mol. The van der Waals surface area contributed by atoms with Crippen LogP contribution in [-0.2, 0) is 38.0 Å². The first-order chi connectivity index (χ1) is 21.9. The lowest BCUT2D eigenvalue weighted by atomic mass is 10.5. The van der Waals surface area contributed by atoms with Crippen LogP contribution in [0.5, 0.6) is 0 Å². The standard InChI is InChI=1S/C9H18O3Si.C9H18O2Si.C8H18O3SSi.C8H18OSi/c1-5-13(3,4)8-6-7-12-9(10)11-2;1-5-12(3,4)8-6-7-11-9(2)10;1-5-13(3,4)8-6-7-11-12(2,9)10;1-5-10(3,4)8-6-7-9-2/h5H,1,6-8H2,2-4H3;5H,1,6-8H2,2-4H3;5H,1,6-8H2,2-4H3;5H,1,6-8H2,2-4H3. The SMILES string of the molecule is C=C[Si](C)(C)CCCOC.C=C[Si](C)(C)CCCOC(=O)OC.C=C[Si](C)(C)CCCOC(C)=O.C=C[Si](C)(C)CCCOS(C)(=O)=O. The molecule has 0 heterocycles. The fraction of sp³-hybridized carbons (Fsp3) is 0.706. The quantitative estimate of drug-likeness (QED) is 0.0488. The summed E-state index contributed by atoms with van der Waals surface area (Å²) in [6, 6.07) is 4.55. The molecule has 0 unspecified atom stereocenters. The van der Waals surface area contributed by atoms with Gasteiger partial charge in [0.15, 0.2) is 0 Å². The number of carbonyl (C=O) groups excluding carboxylic acids is 2. The Morgan fingerprint density at radius 2 is 0.896 bits per heavy atom. The maximum atomic E-state index is 10.6. The zero-order valence-electron chi connectivity index (χ0n) is 32.7. The number of ether oxygens (including phenoxy) is 4. The van der Waals surface area contributed by atoms with Gasteiger partial charge >= 0.3 is 12.1 Å². The van der Waals surface area contributed by atoms with E-state index in [0.717, 1.165) is 50.3 Å². The summed E-state index contributed by atoms with van der Waals surface area (Å²) in [5.41, 5.74) is 8.27. The van der Waals surface area contributed by atoms with Crippen LogP contribution in [0, 0.1) is 0 Å². The van der Waals surface area contributed by atoms with E-state index in [1.54, 1.807) is 7.11 Å². The van der Waals surface area contributed by atoms with Crippen LogP contribution in [-0.4, -0.2) is 99.7 Å². The Bertz CT molecular complexity index is 1010. The van der Waals surface area contributed by atoms with Crippen molar-refractivity contribution < 1.29 is 41.1 Å². The van der Waals surface area contributed by atoms with Crippen molar-refractivity contribution in [3.8, 4) is 0 Å². The summed E-state index contributed by atoms with van der Waals surface area (Å²) in [5, 5.41) is 0. The Kier molecular flexibility index (Phi) is 32.4. The smallest absolute Gasteiger partial charge is 0.466 e. The zero-order chi connectivity index (χ0) is 38.5. The summed E-state index contributed by atoms with van der Waals surface area (Å²) in [6.07, 6.45) is 4.30. The van der Waals surface area contributed by atoms with Crippen molar-refractivity contribution in [3.63, 3.8) is 0 Å². The second kappa shape index (κ2) is 29.2. The molecule has 284 valence electrons. The summed E-state index contributed by atoms with van der Waals surface area (Å²) in [6.45, 7) is 36.8. The van der Waals surface area contributed by atoms with E-state index in [4.69, 9.17) is 14.2 Å². The zero-order valence-corrected chi connectivity index (χ0v) is 37.5. The van der Waals surface area contributed by atoms with Crippen molar-refractivity contribution in [1.29, 1.82) is 0 Å². The fourth-order valence-corrected chi connectivity index (χ4v) is 8.76. The Labute approximate surface area is 299 Å². The van der Waals surface area contributed by atoms with Crippen LogP contribution in [0.3, 0.4) is 0 Å². The van der Waals surface area contributed by atoms with E-state index < -0.39 is 48.6 Å². The van der Waals surface area contributed by atoms with Gasteiger partial charge in [0.2, 0.25) is 0 Å². The van der Waals surface area contributed by atoms with Crippen molar-refractivity contribution in [1.82, 2.24) is 0 Å². The second-order valence-corrected chi connectivity index (χ2v) is 35.5. The third-order valence-corrected chi connectivity index (χ3v) is 18.9. The Hall–Kier alpha value is -1.56. The van der Waals surface area contributed by atoms with Gasteiger partial charge in [0.05, 0.1) is 65.5 Å². The highest BCUT2D eigenvalue weighted by atomic mass is 32.2. The van der Waals surface area contributed by atoms with Crippen molar-refractivity contribution >= 4 is 54.5 Å². The number of hydrogen-bond acceptors (Lipinski definition) is 9. The van der Waals surface area contributed by atoms with Gasteiger partial charge in [0, 0.05) is 20.6 Å². The van der Waals surface area contributed by atoms with Gasteiger partial charge in [-0.15, -0.1) is 49.1 Å². The molecular weight excluding hydrogens is 697 g/mol. The van der Waals surface area contributed by atoms with Crippen LogP contribution in [0.15, 0.2) is 49.1 Å². The maximum absolute atomic E-state index is 10.6. The topological polar surface area (TPSA) is 114 Å². The number of methoxy groups -OCH3 is 2. The van der Waals surface area contributed by atoms with Crippen LogP contribution in [0.2, 0.25) is 76.6 Å². The molecule has 0 aromatic heterocycles. The first-order valence-electron chi connectivity index (χ1n) is 16.6. The molecule has 0 aromatic rings. The number of hydrogen-bond donors (Lipinski definition) is 0. The molecule has 9 nitrogen and oxygen atoms in total. The minimum absolute atomic E-state index is 0.187. The van der Waals surface area contributed by atoms with E-state index in [9.17, 15) is 18.0 Å². The van der Waals surface area contributed by atoms with Crippen LogP contribution in [0.4, 0.5) is 4.79 Å². The van der Waals surface area contributed by atoms with Crippen molar-refractivity contribution in [3.05, 3.63) is 49.1 Å². The Morgan fingerprint density at radius 1 is 0.583 bits per heavy atom. The highest BCUT2D eigenvalue weighted by molar-refractivity contribution is 7.85. The molecule has 0 N–H and O–H groups in total. The molecule has 0 bridgehead atoms. The minimum atomic E-state index is -3.26. The van der Waals surface area contributed by atoms with Crippen molar-refractivity contribution in [2.45, 2.75) is 109 Å². The summed E-state index contributed by atoms with van der Waals surface area (Å²) < 4.78 is 44.7. The molecule has 14 heteroatoms. The lowest BCUT2D eigenvalue weighted by Gasteiger charge is -2.16. The second-order valence-electron chi connectivity index (χ2n) is 14.3. The van der Waals surface area contributed by atoms with Gasteiger partial charge in [-0.2, -0.15) is 8.42 Å². The third-order valence-electron chi connectivity index (χ3n) is 7.27. The van der Waals surface area contributed by atoms with E-state index >= 15 is 0 Å². The molecule has 0 aromatic carbocycles. The predicted octanol–water partition coefficient (Wildman–Crippen LogP) is 9.21. The van der Waals surface area contributed by atoms with Gasteiger partial charge in [0.25, 0.3) is 10.1 Å². The number of rotatable bonds is 21. The van der Waals surface area contributed by atoms with Gasteiger partial charge < -0.3 is 18.9 Å². The molecule has 0 atom stereocenters. The molecule has 0 saturated carbocycles. The van der Waals surface area contributed by atoms with Gasteiger partial charge in [0.1, 0.15) is 0 Å². The first kappa shape index (κ1) is 53.2. The number of esters is 1. The van der Waals surface area contributed by atoms with Crippen LogP contribution in [0.25, 0.3) is 0 Å². The maximum Gasteiger partial charge on any atom is 0.507 e. The molecule has 0 rings (SSSR count). The highest BCUT2D eigenvalue weighted by Gasteiger charge is 2.17. The molecule has 0 aliphatic carbocycles. The molecule has 0 saturated heterocycles. The molecule has 0 radical (unpaired) electrons. The first-order valence-corrected chi connectivity index (χ1v) is 31.6. The summed E-state index contributed by atoms with van der Waals surface area (Å²) in [5.74, 6) is -0.187. The fourth-order valence-electron chi connectivity index (χ4n) is 3.30. The van der Waals surface area contributed by atoms with E-state index in [-0.39, 0.29) is 5.97 Å². The molecule has 0 aliphatic rings. The molecule has 0 fully saturated rings. The molecule has 48 heavy (non-hydrogen) atoms. The molecule has 0 aliphatic heterocycles. The van der Waals surface area contributed by atoms with E-state index in [1.807, 2.05) is 11.4 Å². The van der Waals surface area contributed by atoms with Gasteiger partial charge in [-0.3, -0.25) is 8.98 Å². The molecular formula is C34H72O9SSi4. The lowest BCUT2D eigenvalue weighted by molar-refractivity contribution is -0.140. The average Bonchev–Trinajstić information content (AvgIpc) is 3.00. The lowest BCUT2D eigenvalue weighted by Crippen LogP contribution is -2.22. The third kappa shape index (κ3) is 44.4. The summed E-state index contributed by atoms with van der Waals surface area (Å²) in [4.78, 5) is 21.0. The van der Waals surface area contributed by atoms with E-state index in [0.29, 0.717) is 19.8 Å². The minimum Gasteiger partial charge on any atom is -0.466 e. The van der Waals surface area contributed by atoms with Crippen molar-refractivity contribution in [2.75, 3.05) is 46.9 Å². The normalized spacial score (nSPS) is 11.5. The Morgan fingerprint density at radius 3 is 1.17 bits per heavy atom. The van der Waals surface area contributed by atoms with E-state index in [1.165, 1.54) is 26.5 Å². The van der Waals surface area contributed by atoms with Crippen LogP contribution >= 0.6 is 0 Å². The van der Waals surface area contributed by atoms with Crippen LogP contribution < -0.4 is 0 Å². The highest BCUT2D eigenvalue weighted by Crippen LogP contribution is 2.15. The Balaban J connectivity index is -0.000000270. The van der Waals surface area contributed by atoms with Gasteiger partial charge in [-0.05, 0) is 25.7 Å². The van der Waals surface area contributed by atoms with Crippen LogP contribution in [0.1, 0.15) is 32.6 Å². The summed E-state index contributed by atoms with van der Waals surface area (Å²) in [7, 11) is -4.92. The monoisotopic (exact) mass is 768 g/mol. The van der Waals surface area contributed by atoms with E-state index in [2.05, 4.69) is 99.0 Å². The number of carbonyl (C=O) groups is 2. The largest absolute Gasteiger partial charge is 0.507 e. The van der Waals surface area contributed by atoms with Crippen molar-refractivity contribution in [2.24, 2.45) is 0 Å². The van der Waals surface area contributed by atoms with Gasteiger partial charge in [-0.25, -0.2) is 4.79 Å². The van der Waals surface area contributed by atoms with Gasteiger partial charge in [-0.1, -0.05) is 76.6 Å².